The number of carbonyl (C=O) groups excluding carboxylic acids is 1. The van der Waals surface area contributed by atoms with Crippen molar-refractivity contribution in [3.05, 3.63) is 59.7 Å². The second-order valence-electron chi connectivity index (χ2n) is 5.12. The first-order valence-electron chi connectivity index (χ1n) is 8.49. The van der Waals surface area contributed by atoms with Crippen molar-refractivity contribution < 1.29 is 9.53 Å². The molecule has 2 aliphatic heterocycles. The second-order valence-corrected chi connectivity index (χ2v) is 5.12. The van der Waals surface area contributed by atoms with Crippen LogP contribution in [0, 0.1) is 0 Å². The molecule has 3 heteroatoms. The van der Waals surface area contributed by atoms with Crippen molar-refractivity contribution in [2.45, 2.75) is 40.2 Å². The minimum Gasteiger partial charge on any atom is -0.363 e. The van der Waals surface area contributed by atoms with Gasteiger partial charge in [-0.3, -0.25) is 4.79 Å². The number of likely N-dealkylation sites (tertiary alicyclic amines) is 1. The summed E-state index contributed by atoms with van der Waals surface area (Å²) >= 11 is 0. The van der Waals surface area contributed by atoms with Crippen LogP contribution in [0.1, 0.15) is 40.2 Å². The molecule has 0 bridgehead atoms. The van der Waals surface area contributed by atoms with Gasteiger partial charge in [0.15, 0.2) is 0 Å². The molecule has 2 aliphatic rings. The number of rotatable bonds is 3. The summed E-state index contributed by atoms with van der Waals surface area (Å²) in [5, 5.41) is 0. The van der Waals surface area contributed by atoms with Crippen LogP contribution in [-0.4, -0.2) is 30.5 Å². The number of ether oxygens (including phenoxy) is 1. The third-order valence-corrected chi connectivity index (χ3v) is 3.81. The Balaban J connectivity index is 0.000000615. The number of benzene rings is 1. The van der Waals surface area contributed by atoms with E-state index in [2.05, 4.69) is 18.7 Å². The molecule has 3 rings (SSSR count). The second kappa shape index (κ2) is 8.68. The van der Waals surface area contributed by atoms with Crippen LogP contribution >= 0.6 is 0 Å². The molecule has 1 unspecified atom stereocenters. The van der Waals surface area contributed by atoms with Crippen molar-refractivity contribution in [3.8, 4) is 0 Å². The number of amides is 1. The van der Waals surface area contributed by atoms with Crippen molar-refractivity contribution in [1.82, 2.24) is 4.90 Å². The lowest BCUT2D eigenvalue weighted by molar-refractivity contribution is -0.125. The van der Waals surface area contributed by atoms with Gasteiger partial charge in [0.2, 0.25) is 0 Å². The summed E-state index contributed by atoms with van der Waals surface area (Å²) in [6.45, 7) is 15.7. The molecule has 1 aromatic carbocycles. The molecule has 0 N–H and O–H groups in total. The Hall–Kier alpha value is -1.87. The number of hydrogen-bond donors (Lipinski definition) is 0. The number of epoxide rings is 1. The third-order valence-electron chi connectivity index (χ3n) is 3.81. The predicted molar refractivity (Wildman–Crippen MR) is 96.2 cm³/mol. The van der Waals surface area contributed by atoms with E-state index in [0.29, 0.717) is 19.7 Å². The van der Waals surface area contributed by atoms with E-state index in [-0.39, 0.29) is 11.5 Å². The summed E-state index contributed by atoms with van der Waals surface area (Å²) in [4.78, 5) is 14.1. The van der Waals surface area contributed by atoms with Crippen LogP contribution in [0.25, 0.3) is 0 Å². The Bertz CT molecular complexity index is 556. The van der Waals surface area contributed by atoms with Crippen LogP contribution in [0.2, 0.25) is 0 Å². The maximum atomic E-state index is 12.2. The summed E-state index contributed by atoms with van der Waals surface area (Å²) in [6, 6.07) is 10.1. The lowest BCUT2D eigenvalue weighted by Crippen LogP contribution is -2.34. The van der Waals surface area contributed by atoms with Gasteiger partial charge in [0.05, 0.1) is 13.2 Å². The van der Waals surface area contributed by atoms with Gasteiger partial charge in [0.25, 0.3) is 5.91 Å². The highest BCUT2D eigenvalue weighted by Crippen LogP contribution is 2.40. The van der Waals surface area contributed by atoms with Crippen molar-refractivity contribution in [2.75, 3.05) is 19.7 Å². The van der Waals surface area contributed by atoms with Gasteiger partial charge in [-0.05, 0) is 18.1 Å². The SMILES string of the molecule is C=C1CN(CC2(c3ccccc3)CO2)C(=O)/C1=C\C.CC.CC. The van der Waals surface area contributed by atoms with Crippen molar-refractivity contribution in [3.63, 3.8) is 0 Å². The molecule has 0 spiro atoms. The van der Waals surface area contributed by atoms with Crippen LogP contribution < -0.4 is 0 Å². The lowest BCUT2D eigenvalue weighted by Gasteiger charge is -2.20. The molecule has 3 nitrogen and oxygen atoms in total. The van der Waals surface area contributed by atoms with E-state index in [1.54, 1.807) is 0 Å². The molecular formula is C20H29NO2. The Kier molecular flexibility index (Phi) is 7.24. The van der Waals surface area contributed by atoms with Gasteiger partial charge in [-0.25, -0.2) is 0 Å². The number of allylic oxidation sites excluding steroid dienone is 1. The van der Waals surface area contributed by atoms with Crippen molar-refractivity contribution >= 4 is 5.91 Å². The summed E-state index contributed by atoms with van der Waals surface area (Å²) in [5.41, 5.74) is 2.47. The summed E-state index contributed by atoms with van der Waals surface area (Å²) in [6.07, 6.45) is 1.84. The summed E-state index contributed by atoms with van der Waals surface area (Å²) < 4.78 is 5.65. The molecule has 0 saturated carbocycles. The van der Waals surface area contributed by atoms with E-state index in [4.69, 9.17) is 4.74 Å². The smallest absolute Gasteiger partial charge is 0.254 e. The highest BCUT2D eigenvalue weighted by molar-refractivity contribution is 6.01. The first-order chi connectivity index (χ1) is 11.2. The maximum Gasteiger partial charge on any atom is 0.254 e. The fourth-order valence-electron chi connectivity index (χ4n) is 2.65. The zero-order chi connectivity index (χ0) is 17.5. The lowest BCUT2D eigenvalue weighted by atomic mass is 9.99. The largest absolute Gasteiger partial charge is 0.363 e. The first-order valence-corrected chi connectivity index (χ1v) is 8.49. The fraction of sp³-hybridized carbons (Fsp3) is 0.450. The highest BCUT2D eigenvalue weighted by Gasteiger charge is 2.49. The molecule has 23 heavy (non-hydrogen) atoms. The zero-order valence-electron chi connectivity index (χ0n) is 15.1. The van der Waals surface area contributed by atoms with Gasteiger partial charge in [0, 0.05) is 12.1 Å². The van der Waals surface area contributed by atoms with Crippen LogP contribution in [0.4, 0.5) is 0 Å². The maximum absolute atomic E-state index is 12.2. The molecule has 126 valence electrons. The molecule has 2 saturated heterocycles. The normalized spacial score (nSPS) is 23.9. The van der Waals surface area contributed by atoms with E-state index in [1.165, 1.54) is 0 Å². The van der Waals surface area contributed by atoms with E-state index < -0.39 is 0 Å². The number of nitrogens with zero attached hydrogens (tertiary/aromatic N) is 1. The van der Waals surface area contributed by atoms with E-state index >= 15 is 0 Å². The first kappa shape index (κ1) is 19.2. The molecule has 1 amide bonds. The minimum atomic E-state index is -0.305. The average molecular weight is 315 g/mol. The van der Waals surface area contributed by atoms with Crippen LogP contribution in [0.15, 0.2) is 54.1 Å². The molecule has 1 aromatic rings. The Morgan fingerprint density at radius 1 is 1.22 bits per heavy atom. The fourth-order valence-corrected chi connectivity index (χ4v) is 2.65. The van der Waals surface area contributed by atoms with Gasteiger partial charge in [0.1, 0.15) is 5.60 Å². The van der Waals surface area contributed by atoms with E-state index in [0.717, 1.165) is 16.7 Å². The topological polar surface area (TPSA) is 32.8 Å². The Labute approximate surface area is 140 Å². The summed E-state index contributed by atoms with van der Waals surface area (Å²) in [7, 11) is 0. The van der Waals surface area contributed by atoms with Gasteiger partial charge in [-0.2, -0.15) is 0 Å². The standard InChI is InChI=1S/C16H17NO2.2C2H6/c1-3-14-12(2)9-17(15(14)18)10-16(11-19-16)13-7-5-4-6-8-13;2*1-2/h3-8H,2,9-11H2,1H3;2*1-2H3/b14-3-;;. The van der Waals surface area contributed by atoms with Gasteiger partial charge < -0.3 is 9.64 Å². The molecule has 0 aromatic heterocycles. The molecule has 2 fully saturated rings. The van der Waals surface area contributed by atoms with E-state index in [1.807, 2.05) is 63.8 Å². The van der Waals surface area contributed by atoms with Crippen LogP contribution in [0.5, 0.6) is 0 Å². The Morgan fingerprint density at radius 3 is 2.22 bits per heavy atom. The zero-order valence-corrected chi connectivity index (χ0v) is 15.1. The third kappa shape index (κ3) is 4.11. The van der Waals surface area contributed by atoms with Crippen molar-refractivity contribution in [2.24, 2.45) is 0 Å². The van der Waals surface area contributed by atoms with E-state index in [9.17, 15) is 4.79 Å². The Morgan fingerprint density at radius 2 is 1.78 bits per heavy atom. The highest BCUT2D eigenvalue weighted by atomic mass is 16.6. The number of hydrogen-bond acceptors (Lipinski definition) is 2. The molecule has 2 heterocycles. The van der Waals surface area contributed by atoms with Gasteiger partial charge >= 0.3 is 0 Å². The van der Waals surface area contributed by atoms with Gasteiger partial charge in [-0.1, -0.05) is 70.7 Å². The molecular weight excluding hydrogens is 286 g/mol. The average Bonchev–Trinajstić information content (AvgIpc) is 3.34. The quantitative estimate of drug-likeness (QED) is 0.615. The molecule has 0 aliphatic carbocycles. The number of carbonyl (C=O) groups is 1. The summed E-state index contributed by atoms with van der Waals surface area (Å²) in [5.74, 6) is 0.0679. The minimum absolute atomic E-state index is 0.0679. The van der Waals surface area contributed by atoms with Gasteiger partial charge in [-0.15, -0.1) is 0 Å². The monoisotopic (exact) mass is 315 g/mol. The molecule has 1 atom stereocenters. The predicted octanol–water partition coefficient (Wildman–Crippen LogP) is 4.31. The van der Waals surface area contributed by atoms with Crippen molar-refractivity contribution in [1.29, 1.82) is 0 Å². The van der Waals surface area contributed by atoms with Crippen LogP contribution in [-0.2, 0) is 15.1 Å². The molecule has 0 radical (unpaired) electrons. The van der Waals surface area contributed by atoms with Crippen LogP contribution in [0.3, 0.4) is 0 Å².